The van der Waals surface area contributed by atoms with Gasteiger partial charge in [-0.05, 0) is 49.9 Å². The Bertz CT molecular complexity index is 1110. The van der Waals surface area contributed by atoms with Crippen LogP contribution in [0.2, 0.25) is 0 Å². The van der Waals surface area contributed by atoms with Gasteiger partial charge in [0.2, 0.25) is 0 Å². The van der Waals surface area contributed by atoms with Crippen molar-refractivity contribution in [3.05, 3.63) is 46.8 Å². The number of hydrogen-bond donors (Lipinski definition) is 2. The van der Waals surface area contributed by atoms with E-state index in [0.717, 1.165) is 44.8 Å². The zero-order chi connectivity index (χ0) is 30.8. The Kier molecular flexibility index (Phi) is 11.9. The van der Waals surface area contributed by atoms with Gasteiger partial charge >= 0.3 is 30.3 Å². The first-order valence-electron chi connectivity index (χ1n) is 12.3. The zero-order valence-corrected chi connectivity index (χ0v) is 22.6. The van der Waals surface area contributed by atoms with Gasteiger partial charge in [-0.3, -0.25) is 9.69 Å². The number of rotatable bonds is 5. The molecule has 2 aliphatic rings. The van der Waals surface area contributed by atoms with Crippen LogP contribution in [0, 0.1) is 11.3 Å². The smallest absolute Gasteiger partial charge is 0.475 e. The lowest BCUT2D eigenvalue weighted by Gasteiger charge is -2.31. The minimum Gasteiger partial charge on any atom is -0.475 e. The molecule has 0 bridgehead atoms. The summed E-state index contributed by atoms with van der Waals surface area (Å²) in [5.41, 5.74) is -0.419. The van der Waals surface area contributed by atoms with Crippen LogP contribution in [0.1, 0.15) is 24.6 Å². The number of esters is 1. The number of thiophene rings is 1. The van der Waals surface area contributed by atoms with Crippen LogP contribution in [0.4, 0.5) is 32.2 Å². The van der Waals surface area contributed by atoms with Gasteiger partial charge in [0.25, 0.3) is 0 Å². The summed E-state index contributed by atoms with van der Waals surface area (Å²) in [6.45, 7) is 6.84. The Labute approximate surface area is 235 Å². The number of carboxylic acid groups (broad SMARTS) is 2. The number of pyridine rings is 1. The van der Waals surface area contributed by atoms with Crippen molar-refractivity contribution in [2.45, 2.75) is 38.7 Å². The van der Waals surface area contributed by atoms with Gasteiger partial charge in [0.1, 0.15) is 5.82 Å². The molecule has 9 nitrogen and oxygen atoms in total. The fourth-order valence-corrected chi connectivity index (χ4v) is 5.35. The van der Waals surface area contributed by atoms with E-state index in [0.29, 0.717) is 13.2 Å². The number of aromatic nitrogens is 1. The van der Waals surface area contributed by atoms with Crippen molar-refractivity contribution in [3.63, 3.8) is 0 Å². The number of halogens is 6. The zero-order valence-electron chi connectivity index (χ0n) is 21.8. The SMILES string of the molecule is CCOC(=O)[C@]12CCCN(Cc3cccs3)C[C@H]1CN(c1ccccn1)C2.O=C(O)C(F)(F)F.O=C(O)C(F)(F)F. The number of carbonyl (C=O) groups excluding carboxylic acids is 1. The Morgan fingerprint density at radius 2 is 1.68 bits per heavy atom. The molecule has 41 heavy (non-hydrogen) atoms. The fraction of sp³-hybridized carbons (Fsp3) is 0.520. The van der Waals surface area contributed by atoms with Crippen molar-refractivity contribution < 1.29 is 55.7 Å². The lowest BCUT2D eigenvalue weighted by atomic mass is 9.75. The molecule has 4 rings (SSSR count). The molecule has 0 aromatic carbocycles. The van der Waals surface area contributed by atoms with E-state index < -0.39 is 29.7 Å². The topological polar surface area (TPSA) is 120 Å². The summed E-state index contributed by atoms with van der Waals surface area (Å²) in [6, 6.07) is 10.3. The molecule has 16 heteroatoms. The molecular weight excluding hydrogens is 584 g/mol. The number of aliphatic carboxylic acids is 2. The molecule has 2 N–H and O–H groups in total. The van der Waals surface area contributed by atoms with Crippen LogP contribution >= 0.6 is 11.3 Å². The third-order valence-corrected chi connectivity index (χ3v) is 7.23. The molecule has 2 aliphatic heterocycles. The fourth-order valence-electron chi connectivity index (χ4n) is 4.60. The van der Waals surface area contributed by atoms with E-state index in [2.05, 4.69) is 32.3 Å². The van der Waals surface area contributed by atoms with Gasteiger partial charge in [0, 0.05) is 43.2 Å². The van der Waals surface area contributed by atoms with Gasteiger partial charge in [0.05, 0.1) is 12.0 Å². The lowest BCUT2D eigenvalue weighted by Crippen LogP contribution is -2.42. The molecule has 0 aliphatic carbocycles. The predicted molar refractivity (Wildman–Crippen MR) is 135 cm³/mol. The molecule has 2 saturated heterocycles. The number of fused-ring (bicyclic) bond motifs is 1. The van der Waals surface area contributed by atoms with Crippen LogP contribution in [0.5, 0.6) is 0 Å². The quantitative estimate of drug-likeness (QED) is 0.366. The van der Waals surface area contributed by atoms with Gasteiger partial charge < -0.3 is 19.8 Å². The van der Waals surface area contributed by atoms with E-state index >= 15 is 0 Å². The molecule has 0 saturated carbocycles. The van der Waals surface area contributed by atoms with E-state index in [1.165, 1.54) is 4.88 Å². The molecular formula is C25H29F6N3O6S. The first kappa shape index (κ1) is 33.8. The second-order valence-electron chi connectivity index (χ2n) is 9.17. The summed E-state index contributed by atoms with van der Waals surface area (Å²) < 4.78 is 69.0. The van der Waals surface area contributed by atoms with Crippen molar-refractivity contribution in [1.82, 2.24) is 9.88 Å². The first-order valence-corrected chi connectivity index (χ1v) is 13.2. The van der Waals surface area contributed by atoms with Crippen LogP contribution in [0.3, 0.4) is 0 Å². The monoisotopic (exact) mass is 613 g/mol. The second kappa shape index (κ2) is 14.5. The molecule has 0 unspecified atom stereocenters. The minimum absolute atomic E-state index is 0.0218. The number of carbonyl (C=O) groups is 3. The highest BCUT2D eigenvalue weighted by atomic mass is 32.1. The predicted octanol–water partition coefficient (Wildman–Crippen LogP) is 4.69. The van der Waals surface area contributed by atoms with E-state index in [9.17, 15) is 31.1 Å². The van der Waals surface area contributed by atoms with Gasteiger partial charge in [-0.15, -0.1) is 11.3 Å². The van der Waals surface area contributed by atoms with Crippen LogP contribution < -0.4 is 4.90 Å². The number of likely N-dealkylation sites (tertiary alicyclic amines) is 1. The van der Waals surface area contributed by atoms with Gasteiger partial charge in [0.15, 0.2) is 0 Å². The maximum atomic E-state index is 13.1. The molecule has 0 radical (unpaired) electrons. The van der Waals surface area contributed by atoms with E-state index in [1.54, 1.807) is 11.3 Å². The largest absolute Gasteiger partial charge is 0.490 e. The number of carboxylic acids is 2. The minimum atomic E-state index is -5.08. The number of hydrogen-bond acceptors (Lipinski definition) is 8. The molecule has 2 aromatic heterocycles. The average Bonchev–Trinajstić information content (AvgIpc) is 3.49. The highest BCUT2D eigenvalue weighted by molar-refractivity contribution is 7.09. The number of nitrogens with zero attached hydrogens (tertiary/aromatic N) is 3. The maximum Gasteiger partial charge on any atom is 0.490 e. The van der Waals surface area contributed by atoms with E-state index in [4.69, 9.17) is 24.5 Å². The third-order valence-electron chi connectivity index (χ3n) is 6.37. The van der Waals surface area contributed by atoms with Crippen LogP contribution in [-0.2, 0) is 25.7 Å². The Balaban J connectivity index is 0.000000349. The Morgan fingerprint density at radius 3 is 2.17 bits per heavy atom. The normalized spacial score (nSPS) is 20.9. The third kappa shape index (κ3) is 9.88. The Morgan fingerprint density at radius 1 is 1.05 bits per heavy atom. The number of alkyl halides is 6. The average molecular weight is 614 g/mol. The molecule has 2 atom stereocenters. The molecule has 4 heterocycles. The summed E-state index contributed by atoms with van der Waals surface area (Å²) in [6.07, 6.45) is -6.43. The van der Waals surface area contributed by atoms with Crippen LogP contribution in [0.25, 0.3) is 0 Å². The highest BCUT2D eigenvalue weighted by Crippen LogP contribution is 2.45. The number of ether oxygens (including phenoxy) is 1. The lowest BCUT2D eigenvalue weighted by molar-refractivity contribution is -0.193. The summed E-state index contributed by atoms with van der Waals surface area (Å²) in [7, 11) is 0. The standard InChI is InChI=1S/C21H27N3O2S.2C2HF3O2/c1-2-26-20(25)21-9-6-11-23(15-18-7-5-12-27-18)13-17(21)14-24(16-21)19-8-3-4-10-22-19;2*3-2(4,5)1(6)7/h3-5,7-8,10,12,17H,2,6,9,11,13-16H2,1H3;2*(H,6,7)/t17-,21-;;/m0../s1. The maximum absolute atomic E-state index is 13.1. The van der Waals surface area contributed by atoms with E-state index in [-0.39, 0.29) is 11.9 Å². The van der Waals surface area contributed by atoms with Crippen molar-refractivity contribution in [2.75, 3.05) is 37.7 Å². The summed E-state index contributed by atoms with van der Waals surface area (Å²) in [5, 5.41) is 16.4. The van der Waals surface area contributed by atoms with Gasteiger partial charge in [-0.1, -0.05) is 12.1 Å². The summed E-state index contributed by atoms with van der Waals surface area (Å²) in [4.78, 5) is 41.6. The van der Waals surface area contributed by atoms with Gasteiger partial charge in [-0.2, -0.15) is 26.3 Å². The van der Waals surface area contributed by atoms with Crippen LogP contribution in [-0.4, -0.2) is 83.1 Å². The molecule has 0 spiro atoms. The van der Waals surface area contributed by atoms with Crippen molar-refractivity contribution >= 4 is 35.1 Å². The summed E-state index contributed by atoms with van der Waals surface area (Å²) >= 11 is 1.81. The highest BCUT2D eigenvalue weighted by Gasteiger charge is 2.54. The molecule has 2 aromatic rings. The van der Waals surface area contributed by atoms with Crippen LogP contribution in [0.15, 0.2) is 41.9 Å². The second-order valence-corrected chi connectivity index (χ2v) is 10.2. The molecule has 2 fully saturated rings. The molecule has 0 amide bonds. The van der Waals surface area contributed by atoms with Crippen molar-refractivity contribution in [3.8, 4) is 0 Å². The number of anilines is 1. The first-order chi connectivity index (χ1) is 19.1. The van der Waals surface area contributed by atoms with Crippen molar-refractivity contribution in [2.24, 2.45) is 11.3 Å². The Hall–Kier alpha value is -3.40. The van der Waals surface area contributed by atoms with Crippen molar-refractivity contribution in [1.29, 1.82) is 0 Å². The molecule has 228 valence electrons. The summed E-state index contributed by atoms with van der Waals surface area (Å²) in [5.74, 6) is -4.31. The van der Waals surface area contributed by atoms with E-state index in [1.807, 2.05) is 31.3 Å². The van der Waals surface area contributed by atoms with Gasteiger partial charge in [-0.25, -0.2) is 14.6 Å².